The van der Waals surface area contributed by atoms with Crippen LogP contribution in [-0.2, 0) is 7.05 Å². The molecule has 0 saturated carbocycles. The summed E-state index contributed by atoms with van der Waals surface area (Å²) < 4.78 is 7.32. The number of nitrogens with two attached hydrogens (primary N) is 1. The smallest absolute Gasteiger partial charge is 0.119 e. The zero-order valence-electron chi connectivity index (χ0n) is 11.6. The van der Waals surface area contributed by atoms with Crippen LogP contribution in [0.5, 0.6) is 5.75 Å². The lowest BCUT2D eigenvalue weighted by Gasteiger charge is -2.12. The van der Waals surface area contributed by atoms with Crippen LogP contribution < -0.4 is 10.5 Å². The second kappa shape index (κ2) is 6.67. The van der Waals surface area contributed by atoms with Crippen molar-refractivity contribution < 1.29 is 9.84 Å². The minimum atomic E-state index is -0.534. The average molecular weight is 293 g/mol. The van der Waals surface area contributed by atoms with Crippen LogP contribution in [0, 0.1) is 6.92 Å². The van der Waals surface area contributed by atoms with Crippen LogP contribution in [0.3, 0.4) is 0 Å². The van der Waals surface area contributed by atoms with Crippen LogP contribution in [0.1, 0.15) is 5.69 Å². The summed E-state index contributed by atoms with van der Waals surface area (Å²) in [6, 6.07) is 9.13. The van der Waals surface area contributed by atoms with Gasteiger partial charge in [0.05, 0.1) is 16.8 Å². The number of aliphatic hydroxyl groups excluding tert-OH is 1. The van der Waals surface area contributed by atoms with Crippen LogP contribution in [-0.4, -0.2) is 33.4 Å². The lowest BCUT2D eigenvalue weighted by atomic mass is 10.3. The van der Waals surface area contributed by atoms with E-state index in [-0.39, 0.29) is 6.61 Å². The Morgan fingerprint density at radius 1 is 1.40 bits per heavy atom. The summed E-state index contributed by atoms with van der Waals surface area (Å²) in [5, 5.41) is 15.2. The Morgan fingerprint density at radius 3 is 2.70 bits per heavy atom. The number of nitrogens with zero attached hydrogens (tertiary/aromatic N) is 2. The second-order valence-electron chi connectivity index (χ2n) is 4.59. The number of ether oxygens (including phenoxy) is 1. The van der Waals surface area contributed by atoms with E-state index in [4.69, 9.17) is 10.5 Å². The Balaban J connectivity index is 1.76. The summed E-state index contributed by atoms with van der Waals surface area (Å²) in [6.45, 7) is 2.21. The molecule has 0 spiro atoms. The van der Waals surface area contributed by atoms with Crippen molar-refractivity contribution in [2.24, 2.45) is 7.05 Å². The van der Waals surface area contributed by atoms with Gasteiger partial charge in [-0.25, -0.2) is 0 Å². The molecule has 1 aromatic heterocycles. The summed E-state index contributed by atoms with van der Waals surface area (Å²) in [5.74, 6) is 1.27. The minimum absolute atomic E-state index is 0.258. The first-order valence-corrected chi connectivity index (χ1v) is 7.33. The number of aryl methyl sites for hydroxylation is 2. The number of aliphatic hydroxyl groups is 1. The molecule has 1 unspecified atom stereocenters. The number of thioether (sulfide) groups is 1. The molecule has 6 heteroatoms. The van der Waals surface area contributed by atoms with Gasteiger partial charge in [-0.15, -0.1) is 11.8 Å². The van der Waals surface area contributed by atoms with E-state index in [1.807, 2.05) is 24.7 Å². The topological polar surface area (TPSA) is 73.3 Å². The van der Waals surface area contributed by atoms with Crippen molar-refractivity contribution in [1.82, 2.24) is 9.78 Å². The first-order valence-electron chi connectivity index (χ1n) is 6.34. The Morgan fingerprint density at radius 2 is 2.10 bits per heavy atom. The third-order valence-corrected chi connectivity index (χ3v) is 3.93. The first-order chi connectivity index (χ1) is 9.54. The standard InChI is InChI=1S/C14H19N3O2S/c1-10-7-14(17(2)16-10)20-9-12(18)8-19-13-5-3-11(15)4-6-13/h3-7,12,18H,8-9,15H2,1-2H3. The van der Waals surface area contributed by atoms with Gasteiger partial charge in [0.1, 0.15) is 12.4 Å². The lowest BCUT2D eigenvalue weighted by Crippen LogP contribution is -2.20. The Hall–Kier alpha value is -1.66. The monoisotopic (exact) mass is 293 g/mol. The molecule has 0 fully saturated rings. The van der Waals surface area contributed by atoms with Crippen molar-refractivity contribution in [2.75, 3.05) is 18.1 Å². The molecule has 3 N–H and O–H groups in total. The summed E-state index contributed by atoms with van der Waals surface area (Å²) in [6.07, 6.45) is -0.534. The maximum absolute atomic E-state index is 9.92. The summed E-state index contributed by atoms with van der Waals surface area (Å²) >= 11 is 1.56. The molecule has 0 amide bonds. The van der Waals surface area contributed by atoms with Crippen molar-refractivity contribution in [3.05, 3.63) is 36.0 Å². The molecule has 0 aliphatic carbocycles. The third-order valence-electron chi connectivity index (χ3n) is 2.71. The van der Waals surface area contributed by atoms with Crippen LogP contribution in [0.4, 0.5) is 5.69 Å². The highest BCUT2D eigenvalue weighted by Gasteiger charge is 2.09. The zero-order chi connectivity index (χ0) is 14.5. The van der Waals surface area contributed by atoms with E-state index < -0.39 is 6.10 Å². The SMILES string of the molecule is Cc1cc(SCC(O)COc2ccc(N)cc2)n(C)n1. The van der Waals surface area contributed by atoms with Gasteiger partial charge in [-0.05, 0) is 37.3 Å². The highest BCUT2D eigenvalue weighted by Crippen LogP contribution is 2.19. The van der Waals surface area contributed by atoms with Crippen LogP contribution >= 0.6 is 11.8 Å². The van der Waals surface area contributed by atoms with Gasteiger partial charge in [-0.3, -0.25) is 4.68 Å². The Labute approximate surface area is 122 Å². The molecule has 2 aromatic rings. The quantitative estimate of drug-likeness (QED) is 0.628. The fourth-order valence-corrected chi connectivity index (χ4v) is 2.65. The Kier molecular flexibility index (Phi) is 4.92. The first kappa shape index (κ1) is 14.7. The molecule has 0 radical (unpaired) electrons. The van der Waals surface area contributed by atoms with Crippen LogP contribution in [0.15, 0.2) is 35.4 Å². The zero-order valence-corrected chi connectivity index (χ0v) is 12.4. The second-order valence-corrected chi connectivity index (χ2v) is 5.63. The molecule has 108 valence electrons. The van der Waals surface area contributed by atoms with E-state index in [2.05, 4.69) is 5.10 Å². The van der Waals surface area contributed by atoms with E-state index in [1.54, 1.807) is 36.0 Å². The van der Waals surface area contributed by atoms with Gasteiger partial charge in [-0.2, -0.15) is 5.10 Å². The van der Waals surface area contributed by atoms with E-state index in [1.165, 1.54) is 0 Å². The summed E-state index contributed by atoms with van der Waals surface area (Å²) in [7, 11) is 1.90. The summed E-state index contributed by atoms with van der Waals surface area (Å²) in [4.78, 5) is 0. The molecule has 1 aromatic carbocycles. The van der Waals surface area contributed by atoms with Crippen molar-refractivity contribution >= 4 is 17.4 Å². The fraction of sp³-hybridized carbons (Fsp3) is 0.357. The Bertz CT molecular complexity index is 554. The maximum Gasteiger partial charge on any atom is 0.119 e. The van der Waals surface area contributed by atoms with Crippen molar-refractivity contribution in [1.29, 1.82) is 0 Å². The van der Waals surface area contributed by atoms with Gasteiger partial charge in [0, 0.05) is 18.5 Å². The number of hydrogen-bond donors (Lipinski definition) is 2. The minimum Gasteiger partial charge on any atom is -0.491 e. The molecule has 20 heavy (non-hydrogen) atoms. The largest absolute Gasteiger partial charge is 0.491 e. The predicted molar refractivity (Wildman–Crippen MR) is 81.0 cm³/mol. The molecular weight excluding hydrogens is 274 g/mol. The molecule has 0 aliphatic rings. The molecule has 0 saturated heterocycles. The molecule has 2 rings (SSSR count). The number of nitrogen functional groups attached to an aromatic ring is 1. The van der Waals surface area contributed by atoms with E-state index in [0.29, 0.717) is 17.2 Å². The number of rotatable bonds is 6. The van der Waals surface area contributed by atoms with Crippen LogP contribution in [0.25, 0.3) is 0 Å². The number of hydrogen-bond acceptors (Lipinski definition) is 5. The number of benzene rings is 1. The van der Waals surface area contributed by atoms with Crippen LogP contribution in [0.2, 0.25) is 0 Å². The molecule has 1 heterocycles. The van der Waals surface area contributed by atoms with Gasteiger partial charge in [-0.1, -0.05) is 0 Å². The van der Waals surface area contributed by atoms with Gasteiger partial charge in [0.25, 0.3) is 0 Å². The van der Waals surface area contributed by atoms with E-state index in [9.17, 15) is 5.11 Å². The number of aromatic nitrogens is 2. The summed E-state index contributed by atoms with van der Waals surface area (Å²) in [5.41, 5.74) is 7.26. The molecule has 1 atom stereocenters. The lowest BCUT2D eigenvalue weighted by molar-refractivity contribution is 0.126. The van der Waals surface area contributed by atoms with Crippen molar-refractivity contribution in [2.45, 2.75) is 18.1 Å². The third kappa shape index (κ3) is 4.18. The van der Waals surface area contributed by atoms with Gasteiger partial charge in [0.2, 0.25) is 0 Å². The highest BCUT2D eigenvalue weighted by atomic mass is 32.2. The van der Waals surface area contributed by atoms with E-state index in [0.717, 1.165) is 10.7 Å². The molecule has 0 bridgehead atoms. The average Bonchev–Trinajstić information content (AvgIpc) is 2.74. The van der Waals surface area contributed by atoms with Gasteiger partial charge in [0.15, 0.2) is 0 Å². The predicted octanol–water partition coefficient (Wildman–Crippen LogP) is 1.84. The fourth-order valence-electron chi connectivity index (χ4n) is 1.71. The van der Waals surface area contributed by atoms with Gasteiger partial charge >= 0.3 is 0 Å². The van der Waals surface area contributed by atoms with Crippen molar-refractivity contribution in [3.63, 3.8) is 0 Å². The maximum atomic E-state index is 9.92. The molecular formula is C14H19N3O2S. The normalized spacial score (nSPS) is 12.3. The molecule has 5 nitrogen and oxygen atoms in total. The highest BCUT2D eigenvalue weighted by molar-refractivity contribution is 7.99. The van der Waals surface area contributed by atoms with Gasteiger partial charge < -0.3 is 15.6 Å². The number of anilines is 1. The molecule has 0 aliphatic heterocycles. The van der Waals surface area contributed by atoms with E-state index >= 15 is 0 Å². The van der Waals surface area contributed by atoms with Crippen molar-refractivity contribution in [3.8, 4) is 5.75 Å².